The molecule has 1 aromatic carbocycles. The summed E-state index contributed by atoms with van der Waals surface area (Å²) in [6, 6.07) is 7.24. The number of aromatic nitrogens is 2. The summed E-state index contributed by atoms with van der Waals surface area (Å²) < 4.78 is 1.12. The number of aromatic amines is 1. The van der Waals surface area contributed by atoms with Crippen molar-refractivity contribution in [2.75, 3.05) is 6.26 Å². The topological polar surface area (TPSA) is 54.9 Å². The predicted octanol–water partition coefficient (Wildman–Crippen LogP) is 3.02. The van der Waals surface area contributed by atoms with Crippen LogP contribution in [-0.4, -0.2) is 15.8 Å². The van der Waals surface area contributed by atoms with Gasteiger partial charge in [0.2, 0.25) is 0 Å². The molecule has 4 nitrogen and oxygen atoms in total. The van der Waals surface area contributed by atoms with E-state index in [4.69, 9.17) is 11.6 Å². The lowest BCUT2D eigenvalue weighted by molar-refractivity contribution is 0.777. The van der Waals surface area contributed by atoms with Gasteiger partial charge in [-0.15, -0.1) is 11.8 Å². The van der Waals surface area contributed by atoms with Gasteiger partial charge in [-0.25, -0.2) is 9.36 Å². The van der Waals surface area contributed by atoms with Crippen LogP contribution in [0.1, 0.15) is 25.3 Å². The lowest BCUT2D eigenvalue weighted by Gasteiger charge is -2.11. The van der Waals surface area contributed by atoms with Crippen LogP contribution in [0, 0.1) is 0 Å². The first-order chi connectivity index (χ1) is 9.45. The maximum absolute atomic E-state index is 12.5. The Bertz CT molecular complexity index is 732. The standard InChI is InChI=1S/C14H15ClN2O2S/c1-8(2)11-12(15)16-14(19)17(13(11)18)9-4-6-10(20-3)7-5-9/h4-8H,1-3H3,(H,16,19). The van der Waals surface area contributed by atoms with Gasteiger partial charge in [-0.3, -0.25) is 9.78 Å². The quantitative estimate of drug-likeness (QED) is 0.700. The third kappa shape index (κ3) is 2.69. The Labute approximate surface area is 125 Å². The molecule has 0 atom stereocenters. The Morgan fingerprint density at radius 2 is 1.80 bits per heavy atom. The molecule has 0 aliphatic rings. The number of rotatable bonds is 3. The van der Waals surface area contributed by atoms with Gasteiger partial charge in [0.25, 0.3) is 5.56 Å². The molecule has 20 heavy (non-hydrogen) atoms. The first-order valence-electron chi connectivity index (χ1n) is 6.15. The Morgan fingerprint density at radius 3 is 2.30 bits per heavy atom. The highest BCUT2D eigenvalue weighted by atomic mass is 35.5. The number of nitrogens with zero attached hydrogens (tertiary/aromatic N) is 1. The second-order valence-electron chi connectivity index (χ2n) is 4.65. The number of halogens is 1. The molecule has 6 heteroatoms. The van der Waals surface area contributed by atoms with Gasteiger partial charge >= 0.3 is 5.69 Å². The largest absolute Gasteiger partial charge is 0.334 e. The van der Waals surface area contributed by atoms with Crippen molar-refractivity contribution in [3.8, 4) is 5.69 Å². The van der Waals surface area contributed by atoms with E-state index >= 15 is 0 Å². The van der Waals surface area contributed by atoms with Crippen LogP contribution >= 0.6 is 23.4 Å². The lowest BCUT2D eigenvalue weighted by atomic mass is 10.1. The van der Waals surface area contributed by atoms with Crippen molar-refractivity contribution in [2.45, 2.75) is 24.7 Å². The summed E-state index contributed by atoms with van der Waals surface area (Å²) in [5.74, 6) is -0.0661. The molecule has 0 fully saturated rings. The Morgan fingerprint density at radius 1 is 1.20 bits per heavy atom. The highest BCUT2D eigenvalue weighted by Crippen LogP contribution is 2.19. The van der Waals surface area contributed by atoms with Gasteiger partial charge in [0.1, 0.15) is 5.15 Å². The van der Waals surface area contributed by atoms with E-state index < -0.39 is 5.69 Å². The molecule has 1 heterocycles. The number of nitrogens with one attached hydrogen (secondary N) is 1. The van der Waals surface area contributed by atoms with Crippen molar-refractivity contribution in [1.29, 1.82) is 0 Å². The zero-order valence-electron chi connectivity index (χ0n) is 11.4. The van der Waals surface area contributed by atoms with E-state index in [1.54, 1.807) is 23.9 Å². The van der Waals surface area contributed by atoms with Crippen molar-refractivity contribution >= 4 is 23.4 Å². The summed E-state index contributed by atoms with van der Waals surface area (Å²) in [5.41, 5.74) is 0.0554. The first-order valence-corrected chi connectivity index (χ1v) is 7.75. The molecule has 0 bridgehead atoms. The molecule has 0 saturated heterocycles. The molecule has 0 amide bonds. The van der Waals surface area contributed by atoms with Crippen LogP contribution in [0.4, 0.5) is 0 Å². The van der Waals surface area contributed by atoms with E-state index in [0.717, 1.165) is 9.46 Å². The molecule has 0 unspecified atom stereocenters. The highest BCUT2D eigenvalue weighted by Gasteiger charge is 2.16. The molecule has 0 aliphatic heterocycles. The summed E-state index contributed by atoms with van der Waals surface area (Å²) in [7, 11) is 0. The average Bonchev–Trinajstić information content (AvgIpc) is 2.38. The number of H-pyrrole nitrogens is 1. The predicted molar refractivity (Wildman–Crippen MR) is 83.5 cm³/mol. The maximum Gasteiger partial charge on any atom is 0.334 e. The third-order valence-corrected chi connectivity index (χ3v) is 4.04. The highest BCUT2D eigenvalue weighted by molar-refractivity contribution is 7.98. The van der Waals surface area contributed by atoms with Gasteiger partial charge in [0.15, 0.2) is 0 Å². The molecular formula is C14H15ClN2O2S. The lowest BCUT2D eigenvalue weighted by Crippen LogP contribution is -2.36. The number of benzene rings is 1. The monoisotopic (exact) mass is 310 g/mol. The fraction of sp³-hybridized carbons (Fsp3) is 0.286. The van der Waals surface area contributed by atoms with Gasteiger partial charge in [-0.1, -0.05) is 25.4 Å². The molecule has 0 radical (unpaired) electrons. The normalized spacial score (nSPS) is 11.1. The number of thioether (sulfide) groups is 1. The fourth-order valence-electron chi connectivity index (χ4n) is 1.99. The van der Waals surface area contributed by atoms with Crippen LogP contribution in [0.25, 0.3) is 5.69 Å². The molecule has 2 aromatic rings. The second-order valence-corrected chi connectivity index (χ2v) is 5.91. The number of hydrogen-bond donors (Lipinski definition) is 1. The Kier molecular flexibility index (Phi) is 4.40. The van der Waals surface area contributed by atoms with E-state index in [2.05, 4.69) is 4.98 Å². The van der Waals surface area contributed by atoms with Crippen molar-refractivity contribution < 1.29 is 0 Å². The zero-order chi connectivity index (χ0) is 14.9. The van der Waals surface area contributed by atoms with Crippen molar-refractivity contribution in [3.63, 3.8) is 0 Å². The smallest absolute Gasteiger partial charge is 0.297 e. The molecule has 1 aromatic heterocycles. The van der Waals surface area contributed by atoms with Crippen molar-refractivity contribution in [1.82, 2.24) is 9.55 Å². The summed E-state index contributed by atoms with van der Waals surface area (Å²) in [4.78, 5) is 28.1. The molecular weight excluding hydrogens is 296 g/mol. The minimum atomic E-state index is -0.527. The minimum Gasteiger partial charge on any atom is -0.297 e. The Hall–Kier alpha value is -1.46. The van der Waals surface area contributed by atoms with Crippen LogP contribution < -0.4 is 11.2 Å². The van der Waals surface area contributed by atoms with Gasteiger partial charge in [-0.05, 0) is 36.4 Å². The van der Waals surface area contributed by atoms with Crippen molar-refractivity contribution in [3.05, 3.63) is 55.8 Å². The van der Waals surface area contributed by atoms with E-state index in [9.17, 15) is 9.59 Å². The van der Waals surface area contributed by atoms with Crippen LogP contribution in [-0.2, 0) is 0 Å². The van der Waals surface area contributed by atoms with Crippen LogP contribution in [0.5, 0.6) is 0 Å². The van der Waals surface area contributed by atoms with Crippen LogP contribution in [0.3, 0.4) is 0 Å². The first kappa shape index (κ1) is 14.9. The van der Waals surface area contributed by atoms with E-state index in [1.165, 1.54) is 0 Å². The van der Waals surface area contributed by atoms with Gasteiger partial charge < -0.3 is 0 Å². The maximum atomic E-state index is 12.5. The minimum absolute atomic E-state index is 0.0661. The van der Waals surface area contributed by atoms with E-state index in [-0.39, 0.29) is 16.6 Å². The SMILES string of the molecule is CSc1ccc(-n2c(=O)[nH]c(Cl)c(C(C)C)c2=O)cc1. The summed E-state index contributed by atoms with van der Waals surface area (Å²) >= 11 is 7.56. The molecule has 0 saturated carbocycles. The van der Waals surface area contributed by atoms with Gasteiger partial charge in [0, 0.05) is 4.90 Å². The summed E-state index contributed by atoms with van der Waals surface area (Å²) in [6.07, 6.45) is 1.97. The van der Waals surface area contributed by atoms with Crippen molar-refractivity contribution in [2.24, 2.45) is 0 Å². The Balaban J connectivity index is 2.70. The van der Waals surface area contributed by atoms with Gasteiger partial charge in [-0.2, -0.15) is 0 Å². The second kappa shape index (κ2) is 5.89. The third-order valence-electron chi connectivity index (χ3n) is 3.00. The summed E-state index contributed by atoms with van der Waals surface area (Å²) in [6.45, 7) is 3.73. The average molecular weight is 311 g/mol. The molecule has 2 rings (SSSR count). The molecule has 0 aliphatic carbocycles. The van der Waals surface area contributed by atoms with Crippen LogP contribution in [0.15, 0.2) is 38.8 Å². The fourth-order valence-corrected chi connectivity index (χ4v) is 2.78. The van der Waals surface area contributed by atoms with Crippen LogP contribution in [0.2, 0.25) is 5.15 Å². The zero-order valence-corrected chi connectivity index (χ0v) is 13.0. The molecule has 106 valence electrons. The molecule has 1 N–H and O–H groups in total. The summed E-state index contributed by atoms with van der Waals surface area (Å²) in [5, 5.41) is 0.118. The molecule has 0 spiro atoms. The number of hydrogen-bond acceptors (Lipinski definition) is 3. The van der Waals surface area contributed by atoms with Gasteiger partial charge in [0.05, 0.1) is 11.3 Å². The van der Waals surface area contributed by atoms with E-state index in [0.29, 0.717) is 11.3 Å². The van der Waals surface area contributed by atoms with E-state index in [1.807, 2.05) is 32.2 Å².